The first-order chi connectivity index (χ1) is 7.74. The normalized spacial score (nSPS) is 27.4. The zero-order chi connectivity index (χ0) is 11.1. The van der Waals surface area contributed by atoms with Gasteiger partial charge in [0.05, 0.1) is 5.56 Å². The van der Waals surface area contributed by atoms with Gasteiger partial charge in [0.15, 0.2) is 0 Å². The van der Waals surface area contributed by atoms with Crippen molar-refractivity contribution in [2.75, 3.05) is 18.8 Å². The molecule has 0 spiro atoms. The van der Waals surface area contributed by atoms with E-state index in [0.717, 1.165) is 19.5 Å². The summed E-state index contributed by atoms with van der Waals surface area (Å²) in [5.41, 5.74) is 6.12. The molecule has 16 heavy (non-hydrogen) atoms. The predicted octanol–water partition coefficient (Wildman–Crippen LogP) is -0.150. The number of nitrogens with two attached hydrogens (primary N) is 1. The summed E-state index contributed by atoms with van der Waals surface area (Å²) in [6, 6.07) is 4.25. The van der Waals surface area contributed by atoms with Crippen LogP contribution in [0, 0.1) is 0 Å². The summed E-state index contributed by atoms with van der Waals surface area (Å²) in [5.74, 6) is 0.516. The van der Waals surface area contributed by atoms with Gasteiger partial charge in [-0.2, -0.15) is 0 Å². The van der Waals surface area contributed by atoms with E-state index in [1.807, 2.05) is 4.90 Å². The number of anilines is 1. The molecule has 5 nitrogen and oxygen atoms in total. The fraction of sp³-hybridized carbons (Fsp3) is 0.455. The van der Waals surface area contributed by atoms with E-state index in [1.165, 1.54) is 0 Å². The largest absolute Gasteiger partial charge is 0.384 e. The third kappa shape index (κ3) is 1.44. The van der Waals surface area contributed by atoms with Crippen LogP contribution in [0.3, 0.4) is 0 Å². The Morgan fingerprint density at radius 1 is 1.56 bits per heavy atom. The lowest BCUT2D eigenvalue weighted by Gasteiger charge is -2.27. The monoisotopic (exact) mass is 218 g/mol. The lowest BCUT2D eigenvalue weighted by atomic mass is 10.2. The second kappa shape index (κ2) is 3.45. The van der Waals surface area contributed by atoms with Crippen molar-refractivity contribution < 1.29 is 4.79 Å². The SMILES string of the molecule is Nc1ccc(C(=O)N2CC3CC2CN3)cn1. The number of hydrogen-bond acceptors (Lipinski definition) is 4. The Morgan fingerprint density at radius 2 is 2.44 bits per heavy atom. The second-order valence-electron chi connectivity index (χ2n) is 4.42. The fourth-order valence-electron chi connectivity index (χ4n) is 2.51. The molecule has 2 atom stereocenters. The fourth-order valence-corrected chi connectivity index (χ4v) is 2.51. The van der Waals surface area contributed by atoms with Crippen LogP contribution in [0.25, 0.3) is 0 Å². The lowest BCUT2D eigenvalue weighted by molar-refractivity contribution is 0.0715. The average Bonchev–Trinajstić information content (AvgIpc) is 2.91. The van der Waals surface area contributed by atoms with E-state index in [-0.39, 0.29) is 5.91 Å². The van der Waals surface area contributed by atoms with Crippen LogP contribution in [0.1, 0.15) is 16.8 Å². The minimum Gasteiger partial charge on any atom is -0.384 e. The molecule has 2 unspecified atom stereocenters. The summed E-state index contributed by atoms with van der Waals surface area (Å²) in [5, 5.41) is 3.37. The van der Waals surface area contributed by atoms with Crippen LogP contribution in [0.4, 0.5) is 5.82 Å². The first kappa shape index (κ1) is 9.59. The van der Waals surface area contributed by atoms with Gasteiger partial charge in [-0.3, -0.25) is 4.79 Å². The topological polar surface area (TPSA) is 71.2 Å². The summed E-state index contributed by atoms with van der Waals surface area (Å²) >= 11 is 0. The quantitative estimate of drug-likeness (QED) is 0.687. The van der Waals surface area contributed by atoms with Crippen molar-refractivity contribution in [3.8, 4) is 0 Å². The molecule has 0 saturated carbocycles. The Bertz CT molecular complexity index is 416. The summed E-state index contributed by atoms with van der Waals surface area (Å²) < 4.78 is 0. The number of rotatable bonds is 1. The van der Waals surface area contributed by atoms with Crippen molar-refractivity contribution in [2.24, 2.45) is 0 Å². The Morgan fingerprint density at radius 3 is 3.00 bits per heavy atom. The Kier molecular flexibility index (Phi) is 2.07. The molecule has 0 aliphatic carbocycles. The van der Waals surface area contributed by atoms with E-state index in [0.29, 0.717) is 23.5 Å². The minimum atomic E-state index is 0.0708. The maximum atomic E-state index is 12.2. The molecule has 3 N–H and O–H groups in total. The molecule has 0 aromatic carbocycles. The predicted molar refractivity (Wildman–Crippen MR) is 59.9 cm³/mol. The van der Waals surface area contributed by atoms with Gasteiger partial charge < -0.3 is 16.0 Å². The van der Waals surface area contributed by atoms with Crippen LogP contribution in [-0.4, -0.2) is 41.0 Å². The number of hydrogen-bond donors (Lipinski definition) is 2. The van der Waals surface area contributed by atoms with Crippen LogP contribution in [-0.2, 0) is 0 Å². The van der Waals surface area contributed by atoms with E-state index in [9.17, 15) is 4.79 Å². The number of aromatic nitrogens is 1. The molecule has 1 amide bonds. The number of likely N-dealkylation sites (tertiary alicyclic amines) is 1. The second-order valence-corrected chi connectivity index (χ2v) is 4.42. The zero-order valence-corrected chi connectivity index (χ0v) is 8.89. The number of pyridine rings is 1. The van der Waals surface area contributed by atoms with Crippen molar-refractivity contribution in [2.45, 2.75) is 18.5 Å². The number of piperazine rings is 1. The Hall–Kier alpha value is -1.62. The zero-order valence-electron chi connectivity index (χ0n) is 8.89. The highest BCUT2D eigenvalue weighted by atomic mass is 16.2. The molecule has 0 radical (unpaired) electrons. The molecule has 5 heteroatoms. The van der Waals surface area contributed by atoms with Gasteiger partial charge in [0, 0.05) is 31.4 Å². The average molecular weight is 218 g/mol. The number of carbonyl (C=O) groups excluding carboxylic acids is 1. The summed E-state index contributed by atoms with van der Waals surface area (Å²) in [6.07, 6.45) is 2.63. The maximum absolute atomic E-state index is 12.2. The van der Waals surface area contributed by atoms with E-state index in [2.05, 4.69) is 10.3 Å². The van der Waals surface area contributed by atoms with Crippen LogP contribution in [0.5, 0.6) is 0 Å². The molecule has 1 aromatic rings. The van der Waals surface area contributed by atoms with Crippen molar-refractivity contribution in [1.82, 2.24) is 15.2 Å². The molecule has 2 saturated heterocycles. The Balaban J connectivity index is 1.80. The number of nitrogen functional groups attached to an aromatic ring is 1. The van der Waals surface area contributed by atoms with Crippen LogP contribution in [0.2, 0.25) is 0 Å². The molecule has 2 aliphatic rings. The third-order valence-corrected chi connectivity index (χ3v) is 3.35. The third-order valence-electron chi connectivity index (χ3n) is 3.35. The van der Waals surface area contributed by atoms with Gasteiger partial charge in [0.25, 0.3) is 5.91 Å². The molecule has 2 fully saturated rings. The number of nitrogens with one attached hydrogen (secondary N) is 1. The minimum absolute atomic E-state index is 0.0708. The van der Waals surface area contributed by atoms with Gasteiger partial charge in [-0.15, -0.1) is 0 Å². The van der Waals surface area contributed by atoms with Crippen LogP contribution >= 0.6 is 0 Å². The standard InChI is InChI=1S/C11H14N4O/c12-10-2-1-7(4-14-10)11(16)15-6-8-3-9(15)5-13-8/h1-2,4,8-9,13H,3,5-6H2,(H2,12,14). The summed E-state index contributed by atoms with van der Waals surface area (Å²) in [4.78, 5) is 18.1. The van der Waals surface area contributed by atoms with Crippen molar-refractivity contribution in [3.05, 3.63) is 23.9 Å². The van der Waals surface area contributed by atoms with Gasteiger partial charge in [0.1, 0.15) is 5.82 Å². The van der Waals surface area contributed by atoms with Gasteiger partial charge in [0.2, 0.25) is 0 Å². The molecule has 2 bridgehead atoms. The van der Waals surface area contributed by atoms with Crippen LogP contribution < -0.4 is 11.1 Å². The lowest BCUT2D eigenvalue weighted by Crippen LogP contribution is -2.46. The highest BCUT2D eigenvalue weighted by Gasteiger charge is 2.40. The molecule has 1 aromatic heterocycles. The van der Waals surface area contributed by atoms with Crippen molar-refractivity contribution in [3.63, 3.8) is 0 Å². The van der Waals surface area contributed by atoms with Gasteiger partial charge in [-0.25, -0.2) is 4.98 Å². The number of amides is 1. The molecular weight excluding hydrogens is 204 g/mol. The van der Waals surface area contributed by atoms with Crippen LogP contribution in [0.15, 0.2) is 18.3 Å². The highest BCUT2D eigenvalue weighted by molar-refractivity contribution is 5.94. The van der Waals surface area contributed by atoms with E-state index in [4.69, 9.17) is 5.73 Å². The number of nitrogens with zero attached hydrogens (tertiary/aromatic N) is 2. The van der Waals surface area contributed by atoms with E-state index in [1.54, 1.807) is 18.3 Å². The van der Waals surface area contributed by atoms with Crippen molar-refractivity contribution in [1.29, 1.82) is 0 Å². The molecule has 2 aliphatic heterocycles. The number of fused-ring (bicyclic) bond motifs is 2. The summed E-state index contributed by atoms with van der Waals surface area (Å²) in [7, 11) is 0. The van der Waals surface area contributed by atoms with E-state index >= 15 is 0 Å². The van der Waals surface area contributed by atoms with E-state index < -0.39 is 0 Å². The maximum Gasteiger partial charge on any atom is 0.255 e. The first-order valence-corrected chi connectivity index (χ1v) is 5.50. The molecule has 84 valence electrons. The molecule has 3 heterocycles. The highest BCUT2D eigenvalue weighted by Crippen LogP contribution is 2.24. The Labute approximate surface area is 93.6 Å². The smallest absolute Gasteiger partial charge is 0.255 e. The van der Waals surface area contributed by atoms with Gasteiger partial charge in [-0.05, 0) is 18.6 Å². The first-order valence-electron chi connectivity index (χ1n) is 5.50. The molecule has 3 rings (SSSR count). The summed E-state index contributed by atoms with van der Waals surface area (Å²) in [6.45, 7) is 1.73. The van der Waals surface area contributed by atoms with Gasteiger partial charge >= 0.3 is 0 Å². The molecular formula is C11H14N4O. The van der Waals surface area contributed by atoms with Gasteiger partial charge in [-0.1, -0.05) is 0 Å². The van der Waals surface area contributed by atoms with Crippen molar-refractivity contribution >= 4 is 11.7 Å². The number of carbonyl (C=O) groups is 1.